The smallest absolute Gasteiger partial charge is 0.246 e. The van der Waals surface area contributed by atoms with Gasteiger partial charge >= 0.3 is 0 Å². The number of rotatable bonds is 5. The van der Waals surface area contributed by atoms with E-state index in [9.17, 15) is 9.59 Å². The van der Waals surface area contributed by atoms with Crippen LogP contribution in [0.3, 0.4) is 0 Å². The van der Waals surface area contributed by atoms with Gasteiger partial charge in [0.25, 0.3) is 0 Å². The number of fused-ring (bicyclic) bond motifs is 2. The number of hydrogen-bond acceptors (Lipinski definition) is 5. The lowest BCUT2D eigenvalue weighted by Crippen LogP contribution is -2.26. The first-order valence-corrected chi connectivity index (χ1v) is 10.4. The van der Waals surface area contributed by atoms with Gasteiger partial charge < -0.3 is 15.0 Å². The fourth-order valence-corrected chi connectivity index (χ4v) is 3.90. The number of aromatic nitrogens is 1. The van der Waals surface area contributed by atoms with Crippen molar-refractivity contribution in [2.45, 2.75) is 13.1 Å². The lowest BCUT2D eigenvalue weighted by Gasteiger charge is -2.19. The molecule has 0 saturated carbocycles. The van der Waals surface area contributed by atoms with Gasteiger partial charge in [-0.25, -0.2) is 4.98 Å². The number of likely N-dealkylation sites (N-methyl/N-ethyl adjacent to an activating group) is 2. The third kappa shape index (κ3) is 5.50. The van der Waals surface area contributed by atoms with Gasteiger partial charge in [-0.1, -0.05) is 30.3 Å². The minimum Gasteiger partial charge on any atom is -0.496 e. The van der Waals surface area contributed by atoms with Gasteiger partial charge in [0.15, 0.2) is 0 Å². The van der Waals surface area contributed by atoms with Gasteiger partial charge in [0.2, 0.25) is 11.8 Å². The molecule has 0 saturated heterocycles. The maximum atomic E-state index is 12.8. The van der Waals surface area contributed by atoms with E-state index in [1.54, 1.807) is 37.4 Å². The summed E-state index contributed by atoms with van der Waals surface area (Å²) in [7, 11) is 5.30. The molecule has 3 aromatic rings. The highest BCUT2D eigenvalue weighted by atomic mass is 35.5. The third-order valence-electron chi connectivity index (χ3n) is 5.51. The molecule has 2 aromatic carbocycles. The molecule has 172 valence electrons. The molecular formula is C25H27ClN4O3. The predicted octanol–water partition coefficient (Wildman–Crippen LogP) is 3.72. The third-order valence-corrected chi connectivity index (χ3v) is 5.51. The van der Waals surface area contributed by atoms with Crippen LogP contribution in [0, 0.1) is 0 Å². The molecule has 0 aliphatic carbocycles. The Morgan fingerprint density at radius 3 is 2.82 bits per heavy atom. The summed E-state index contributed by atoms with van der Waals surface area (Å²) in [6.45, 7) is 1.35. The zero-order valence-corrected chi connectivity index (χ0v) is 19.7. The quantitative estimate of drug-likeness (QED) is 0.580. The topological polar surface area (TPSA) is 74.8 Å². The van der Waals surface area contributed by atoms with Crippen LogP contribution in [0.2, 0.25) is 0 Å². The van der Waals surface area contributed by atoms with E-state index in [4.69, 9.17) is 4.74 Å². The number of anilines is 1. The highest BCUT2D eigenvalue weighted by molar-refractivity contribution is 5.94. The van der Waals surface area contributed by atoms with Crippen molar-refractivity contribution in [1.29, 1.82) is 0 Å². The molecule has 1 aliphatic rings. The van der Waals surface area contributed by atoms with Crippen molar-refractivity contribution in [2.75, 3.05) is 33.1 Å². The molecule has 4 rings (SSSR count). The molecule has 1 aromatic heterocycles. The summed E-state index contributed by atoms with van der Waals surface area (Å²) in [6.07, 6.45) is 4.95. The van der Waals surface area contributed by atoms with Gasteiger partial charge in [0, 0.05) is 43.5 Å². The van der Waals surface area contributed by atoms with Gasteiger partial charge in [0.05, 0.1) is 13.7 Å². The van der Waals surface area contributed by atoms with Gasteiger partial charge in [-0.2, -0.15) is 0 Å². The summed E-state index contributed by atoms with van der Waals surface area (Å²) >= 11 is 0. The van der Waals surface area contributed by atoms with E-state index in [0.29, 0.717) is 25.5 Å². The van der Waals surface area contributed by atoms with Crippen LogP contribution in [-0.2, 0) is 22.7 Å². The van der Waals surface area contributed by atoms with E-state index < -0.39 is 0 Å². The van der Waals surface area contributed by atoms with Crippen LogP contribution < -0.4 is 10.1 Å². The Morgan fingerprint density at radius 1 is 1.24 bits per heavy atom. The van der Waals surface area contributed by atoms with Crippen LogP contribution >= 0.6 is 12.4 Å². The van der Waals surface area contributed by atoms with Gasteiger partial charge in [-0.15, -0.1) is 12.4 Å². The standard InChI is InChI=1S/C25H26N4O3.ClH/c1-28-14-19-12-17(13-26-25(19)27-23(30)16-28)8-11-24(31)29(2)15-21-20-7-5-4-6-18(20)9-10-22(21)32-3;/h4-13H,14-16H2,1-3H3,(H,26,27,30);1H. The molecule has 0 atom stereocenters. The molecular weight excluding hydrogens is 440 g/mol. The Hall–Kier alpha value is -3.42. The largest absolute Gasteiger partial charge is 0.496 e. The summed E-state index contributed by atoms with van der Waals surface area (Å²) in [5.74, 6) is 1.12. The zero-order valence-electron chi connectivity index (χ0n) is 18.9. The minimum atomic E-state index is -0.125. The van der Waals surface area contributed by atoms with Crippen molar-refractivity contribution in [3.8, 4) is 5.75 Å². The molecule has 2 amide bonds. The lowest BCUT2D eigenvalue weighted by atomic mass is 10.0. The van der Waals surface area contributed by atoms with Crippen LogP contribution in [0.5, 0.6) is 5.75 Å². The number of carbonyl (C=O) groups is 2. The SMILES string of the molecule is COc1ccc2ccccc2c1CN(C)C(=O)C=Cc1cnc2c(c1)CN(C)CC(=O)N2.Cl. The number of pyridine rings is 1. The number of nitrogens with one attached hydrogen (secondary N) is 1. The number of hydrogen-bond donors (Lipinski definition) is 1. The molecule has 2 heterocycles. The Bertz CT molecular complexity index is 1210. The first-order chi connectivity index (χ1) is 15.4. The summed E-state index contributed by atoms with van der Waals surface area (Å²) in [5, 5.41) is 4.98. The molecule has 0 fully saturated rings. The highest BCUT2D eigenvalue weighted by Crippen LogP contribution is 2.29. The van der Waals surface area contributed by atoms with Gasteiger partial charge in [-0.3, -0.25) is 14.5 Å². The summed E-state index contributed by atoms with van der Waals surface area (Å²) in [6, 6.07) is 14.0. The number of amides is 2. The molecule has 7 nitrogen and oxygen atoms in total. The predicted molar refractivity (Wildman–Crippen MR) is 132 cm³/mol. The van der Waals surface area contributed by atoms with Crippen molar-refractivity contribution in [2.24, 2.45) is 0 Å². The van der Waals surface area contributed by atoms with E-state index >= 15 is 0 Å². The van der Waals surface area contributed by atoms with Crippen molar-refractivity contribution >= 4 is 46.9 Å². The summed E-state index contributed by atoms with van der Waals surface area (Å²) < 4.78 is 5.54. The first kappa shape index (κ1) is 24.2. The van der Waals surface area contributed by atoms with Crippen LogP contribution in [0.25, 0.3) is 16.8 Å². The van der Waals surface area contributed by atoms with Crippen LogP contribution in [0.15, 0.2) is 54.7 Å². The normalized spacial score (nSPS) is 13.7. The van der Waals surface area contributed by atoms with Crippen LogP contribution in [0.1, 0.15) is 16.7 Å². The van der Waals surface area contributed by atoms with Crippen LogP contribution in [0.4, 0.5) is 5.82 Å². The Labute approximate surface area is 199 Å². The molecule has 0 radical (unpaired) electrons. The number of ether oxygens (including phenoxy) is 1. The molecule has 1 N–H and O–H groups in total. The van der Waals surface area contributed by atoms with Gasteiger partial charge in [0.1, 0.15) is 11.6 Å². The van der Waals surface area contributed by atoms with E-state index in [1.807, 2.05) is 54.4 Å². The first-order valence-electron chi connectivity index (χ1n) is 10.4. The summed E-state index contributed by atoms with van der Waals surface area (Å²) in [5.41, 5.74) is 2.69. The molecule has 0 bridgehead atoms. The molecule has 33 heavy (non-hydrogen) atoms. The van der Waals surface area contributed by atoms with Crippen molar-refractivity contribution < 1.29 is 14.3 Å². The number of halogens is 1. The second-order valence-electron chi connectivity index (χ2n) is 7.99. The van der Waals surface area contributed by atoms with E-state index in [-0.39, 0.29) is 24.2 Å². The average Bonchev–Trinajstić information content (AvgIpc) is 2.93. The average molecular weight is 467 g/mol. The molecule has 0 spiro atoms. The molecule has 8 heteroatoms. The van der Waals surface area contributed by atoms with E-state index in [1.165, 1.54) is 0 Å². The highest BCUT2D eigenvalue weighted by Gasteiger charge is 2.18. The number of methoxy groups -OCH3 is 1. The molecule has 0 unspecified atom stereocenters. The zero-order chi connectivity index (χ0) is 22.7. The maximum absolute atomic E-state index is 12.8. The summed E-state index contributed by atoms with van der Waals surface area (Å²) in [4.78, 5) is 32.6. The minimum absolute atomic E-state index is 0. The Kier molecular flexibility index (Phi) is 7.68. The van der Waals surface area contributed by atoms with Gasteiger partial charge in [-0.05, 0) is 41.6 Å². The Balaban J connectivity index is 0.00000306. The lowest BCUT2D eigenvalue weighted by molar-refractivity contribution is -0.125. The van der Waals surface area contributed by atoms with Crippen molar-refractivity contribution in [1.82, 2.24) is 14.8 Å². The number of nitrogens with zero attached hydrogens (tertiary/aromatic N) is 3. The van der Waals surface area contributed by atoms with Crippen molar-refractivity contribution in [3.63, 3.8) is 0 Å². The number of carbonyl (C=O) groups excluding carboxylic acids is 2. The van der Waals surface area contributed by atoms with Crippen molar-refractivity contribution in [3.05, 3.63) is 71.4 Å². The Morgan fingerprint density at radius 2 is 2.03 bits per heavy atom. The van der Waals surface area contributed by atoms with E-state index in [2.05, 4.69) is 10.3 Å². The second kappa shape index (κ2) is 10.5. The second-order valence-corrected chi connectivity index (χ2v) is 7.99. The fraction of sp³-hybridized carbons (Fsp3) is 0.240. The molecule has 1 aliphatic heterocycles. The van der Waals surface area contributed by atoms with E-state index in [0.717, 1.165) is 33.2 Å². The van der Waals surface area contributed by atoms with Crippen LogP contribution in [-0.4, -0.2) is 54.3 Å². The number of benzene rings is 2. The maximum Gasteiger partial charge on any atom is 0.246 e. The fourth-order valence-electron chi connectivity index (χ4n) is 3.90. The monoisotopic (exact) mass is 466 g/mol.